The lowest BCUT2D eigenvalue weighted by molar-refractivity contribution is 0.0168. The van der Waals surface area contributed by atoms with Crippen LogP contribution in [0.3, 0.4) is 0 Å². The minimum absolute atomic E-state index is 0.202. The number of amides is 1. The molecule has 1 aliphatic heterocycles. The van der Waals surface area contributed by atoms with E-state index in [0.29, 0.717) is 13.2 Å². The van der Waals surface area contributed by atoms with E-state index in [1.807, 2.05) is 6.07 Å². The van der Waals surface area contributed by atoms with Crippen LogP contribution in [0.5, 0.6) is 0 Å². The second kappa shape index (κ2) is 7.47. The highest BCUT2D eigenvalue weighted by molar-refractivity contribution is 7.10. The third-order valence-electron chi connectivity index (χ3n) is 3.07. The number of thiophene rings is 1. The van der Waals surface area contributed by atoms with Gasteiger partial charge in [0.15, 0.2) is 0 Å². The molecule has 0 aromatic carbocycles. The van der Waals surface area contributed by atoms with E-state index in [-0.39, 0.29) is 12.1 Å². The van der Waals surface area contributed by atoms with Gasteiger partial charge >= 0.3 is 6.09 Å². The van der Waals surface area contributed by atoms with Crippen LogP contribution in [0.2, 0.25) is 0 Å². The second-order valence-corrected chi connectivity index (χ2v) is 5.26. The van der Waals surface area contributed by atoms with Crippen molar-refractivity contribution in [2.75, 3.05) is 39.5 Å². The summed E-state index contributed by atoms with van der Waals surface area (Å²) in [6, 6.07) is 4.35. The quantitative estimate of drug-likeness (QED) is 0.897. The number of nitrogens with zero attached hydrogens (tertiary/aromatic N) is 1. The van der Waals surface area contributed by atoms with Gasteiger partial charge in [-0.1, -0.05) is 6.07 Å². The molecule has 1 N–H and O–H groups in total. The van der Waals surface area contributed by atoms with Gasteiger partial charge in [-0.3, -0.25) is 4.90 Å². The van der Waals surface area contributed by atoms with Gasteiger partial charge in [-0.05, 0) is 18.4 Å². The first-order chi connectivity index (χ1) is 9.31. The molecule has 1 unspecified atom stereocenters. The normalized spacial score (nSPS) is 17.9. The fourth-order valence-corrected chi connectivity index (χ4v) is 3.00. The van der Waals surface area contributed by atoms with Gasteiger partial charge < -0.3 is 14.8 Å². The second-order valence-electron chi connectivity index (χ2n) is 4.28. The number of carbonyl (C=O) groups is 1. The number of alkyl carbamates (subject to hydrolysis) is 1. The van der Waals surface area contributed by atoms with E-state index < -0.39 is 0 Å². The average Bonchev–Trinajstić information content (AvgIpc) is 2.94. The Bertz CT molecular complexity index is 377. The zero-order chi connectivity index (χ0) is 13.5. The number of hydrogen-bond acceptors (Lipinski definition) is 5. The van der Waals surface area contributed by atoms with E-state index in [4.69, 9.17) is 9.47 Å². The molecule has 1 atom stereocenters. The molecule has 0 bridgehead atoms. The molecular formula is C13H20N2O3S. The van der Waals surface area contributed by atoms with Gasteiger partial charge in [0.05, 0.1) is 25.9 Å². The van der Waals surface area contributed by atoms with Crippen molar-refractivity contribution in [2.24, 2.45) is 0 Å². The van der Waals surface area contributed by atoms with E-state index in [1.54, 1.807) is 18.3 Å². The highest BCUT2D eigenvalue weighted by Gasteiger charge is 2.23. The minimum Gasteiger partial charge on any atom is -0.450 e. The predicted molar refractivity (Wildman–Crippen MR) is 74.5 cm³/mol. The van der Waals surface area contributed by atoms with Gasteiger partial charge in [0.25, 0.3) is 0 Å². The van der Waals surface area contributed by atoms with Crippen LogP contribution in [-0.4, -0.2) is 50.4 Å². The lowest BCUT2D eigenvalue weighted by atomic mass is 10.2. The van der Waals surface area contributed by atoms with Crippen LogP contribution in [0.25, 0.3) is 0 Å². The number of morpholine rings is 1. The SMILES string of the molecule is CCOC(=O)NCC(c1cccs1)N1CCOCC1. The Labute approximate surface area is 117 Å². The summed E-state index contributed by atoms with van der Waals surface area (Å²) in [5.41, 5.74) is 0. The van der Waals surface area contributed by atoms with Crippen molar-refractivity contribution in [3.8, 4) is 0 Å². The number of nitrogens with one attached hydrogen (secondary N) is 1. The monoisotopic (exact) mass is 284 g/mol. The maximum Gasteiger partial charge on any atom is 0.407 e. The Balaban J connectivity index is 1.96. The van der Waals surface area contributed by atoms with E-state index >= 15 is 0 Å². The first-order valence-electron chi connectivity index (χ1n) is 6.57. The predicted octanol–water partition coefficient (Wildman–Crippen LogP) is 1.87. The molecule has 0 radical (unpaired) electrons. The highest BCUT2D eigenvalue weighted by Crippen LogP contribution is 2.25. The fourth-order valence-electron chi connectivity index (χ4n) is 2.14. The molecular weight excluding hydrogens is 264 g/mol. The summed E-state index contributed by atoms with van der Waals surface area (Å²) < 4.78 is 10.3. The molecule has 1 amide bonds. The first kappa shape index (κ1) is 14.3. The maximum absolute atomic E-state index is 11.4. The van der Waals surface area contributed by atoms with E-state index in [1.165, 1.54) is 4.88 Å². The van der Waals surface area contributed by atoms with Gasteiger partial charge in [-0.15, -0.1) is 11.3 Å². The number of carbonyl (C=O) groups excluding carboxylic acids is 1. The van der Waals surface area contributed by atoms with Gasteiger partial charge in [0, 0.05) is 24.5 Å². The number of hydrogen-bond donors (Lipinski definition) is 1. The molecule has 1 aliphatic rings. The fraction of sp³-hybridized carbons (Fsp3) is 0.615. The maximum atomic E-state index is 11.4. The van der Waals surface area contributed by atoms with E-state index in [0.717, 1.165) is 26.3 Å². The van der Waals surface area contributed by atoms with Crippen molar-refractivity contribution in [1.82, 2.24) is 10.2 Å². The zero-order valence-electron chi connectivity index (χ0n) is 11.1. The van der Waals surface area contributed by atoms with Gasteiger partial charge in [-0.2, -0.15) is 0 Å². The Kier molecular flexibility index (Phi) is 5.62. The van der Waals surface area contributed by atoms with Crippen molar-refractivity contribution in [3.05, 3.63) is 22.4 Å². The van der Waals surface area contributed by atoms with Crippen LogP contribution < -0.4 is 5.32 Å². The molecule has 106 valence electrons. The lowest BCUT2D eigenvalue weighted by Crippen LogP contribution is -2.43. The summed E-state index contributed by atoms with van der Waals surface area (Å²) in [7, 11) is 0. The topological polar surface area (TPSA) is 50.8 Å². The van der Waals surface area contributed by atoms with E-state index in [2.05, 4.69) is 21.7 Å². The molecule has 2 rings (SSSR count). The summed E-state index contributed by atoms with van der Waals surface area (Å²) in [6.07, 6.45) is -0.350. The van der Waals surface area contributed by atoms with Crippen molar-refractivity contribution < 1.29 is 14.3 Å². The minimum atomic E-state index is -0.350. The van der Waals surface area contributed by atoms with Crippen LogP contribution in [0.4, 0.5) is 4.79 Å². The highest BCUT2D eigenvalue weighted by atomic mass is 32.1. The molecule has 1 aromatic rings. The van der Waals surface area contributed by atoms with E-state index in [9.17, 15) is 4.79 Å². The molecule has 19 heavy (non-hydrogen) atoms. The molecule has 6 heteroatoms. The summed E-state index contributed by atoms with van der Waals surface area (Å²) in [4.78, 5) is 15.0. The third kappa shape index (κ3) is 4.19. The lowest BCUT2D eigenvalue weighted by Gasteiger charge is -2.33. The average molecular weight is 284 g/mol. The van der Waals surface area contributed by atoms with Crippen LogP contribution >= 0.6 is 11.3 Å². The van der Waals surface area contributed by atoms with Gasteiger partial charge in [0.2, 0.25) is 0 Å². The Morgan fingerprint density at radius 2 is 2.37 bits per heavy atom. The van der Waals surface area contributed by atoms with Crippen molar-refractivity contribution in [2.45, 2.75) is 13.0 Å². The largest absolute Gasteiger partial charge is 0.450 e. The van der Waals surface area contributed by atoms with Crippen LogP contribution in [0.1, 0.15) is 17.8 Å². The number of ether oxygens (including phenoxy) is 2. The Morgan fingerprint density at radius 3 is 3.00 bits per heavy atom. The first-order valence-corrected chi connectivity index (χ1v) is 7.45. The molecule has 0 aliphatic carbocycles. The van der Waals surface area contributed by atoms with Gasteiger partial charge in [0.1, 0.15) is 0 Å². The Morgan fingerprint density at radius 1 is 1.58 bits per heavy atom. The standard InChI is InChI=1S/C13H20N2O3S/c1-2-18-13(16)14-10-11(12-4-3-9-19-12)15-5-7-17-8-6-15/h3-4,9,11H,2,5-8,10H2,1H3,(H,14,16). The van der Waals surface area contributed by atoms with Crippen LogP contribution in [-0.2, 0) is 9.47 Å². The summed E-state index contributed by atoms with van der Waals surface area (Å²) in [5.74, 6) is 0. The Hall–Kier alpha value is -1.11. The number of rotatable bonds is 5. The summed E-state index contributed by atoms with van der Waals surface area (Å²) in [5, 5.41) is 4.89. The molecule has 1 aromatic heterocycles. The molecule has 5 nitrogen and oxygen atoms in total. The molecule has 0 saturated carbocycles. The van der Waals surface area contributed by atoms with Crippen molar-refractivity contribution in [1.29, 1.82) is 0 Å². The summed E-state index contributed by atoms with van der Waals surface area (Å²) >= 11 is 1.72. The molecule has 0 spiro atoms. The third-order valence-corrected chi connectivity index (χ3v) is 4.05. The molecule has 1 fully saturated rings. The summed E-state index contributed by atoms with van der Waals surface area (Å²) in [6.45, 7) is 6.06. The molecule has 1 saturated heterocycles. The van der Waals surface area contributed by atoms with Gasteiger partial charge in [-0.25, -0.2) is 4.79 Å². The zero-order valence-corrected chi connectivity index (χ0v) is 11.9. The molecule has 2 heterocycles. The van der Waals surface area contributed by atoms with Crippen LogP contribution in [0, 0.1) is 0 Å². The van der Waals surface area contributed by atoms with Crippen molar-refractivity contribution in [3.63, 3.8) is 0 Å². The van der Waals surface area contributed by atoms with Crippen molar-refractivity contribution >= 4 is 17.4 Å². The van der Waals surface area contributed by atoms with Crippen LogP contribution in [0.15, 0.2) is 17.5 Å². The smallest absolute Gasteiger partial charge is 0.407 e.